The molecular formula is C18H21N3O3. The van der Waals surface area contributed by atoms with Crippen LogP contribution >= 0.6 is 0 Å². The van der Waals surface area contributed by atoms with Gasteiger partial charge in [-0.25, -0.2) is 5.43 Å². The quantitative estimate of drug-likeness (QED) is 0.431. The first-order valence-electron chi connectivity index (χ1n) is 7.76. The Labute approximate surface area is 140 Å². The third kappa shape index (κ3) is 4.81. The summed E-state index contributed by atoms with van der Waals surface area (Å²) in [5.74, 6) is -0.456. The van der Waals surface area contributed by atoms with E-state index in [2.05, 4.69) is 15.8 Å². The van der Waals surface area contributed by atoms with E-state index < -0.39 is 5.91 Å². The summed E-state index contributed by atoms with van der Waals surface area (Å²) in [5.41, 5.74) is 2.81. The number of rotatable bonds is 6. The molecule has 6 heteroatoms. The van der Waals surface area contributed by atoms with Crippen LogP contribution in [0.5, 0.6) is 5.75 Å². The topological polar surface area (TPSA) is 90.8 Å². The molecule has 0 aromatic heterocycles. The van der Waals surface area contributed by atoms with E-state index >= 15 is 0 Å². The maximum atomic E-state index is 11.7. The number of benzene rings is 2. The molecular weight excluding hydrogens is 306 g/mol. The molecule has 2 amide bonds. The first-order valence-corrected chi connectivity index (χ1v) is 7.76. The van der Waals surface area contributed by atoms with Crippen molar-refractivity contribution in [3.05, 3.63) is 42.0 Å². The number of hydrogen-bond donors (Lipinski definition) is 3. The van der Waals surface area contributed by atoms with Gasteiger partial charge in [0, 0.05) is 12.1 Å². The third-order valence-corrected chi connectivity index (χ3v) is 3.36. The van der Waals surface area contributed by atoms with Gasteiger partial charge in [-0.3, -0.25) is 9.59 Å². The highest BCUT2D eigenvalue weighted by Crippen LogP contribution is 2.25. The monoisotopic (exact) mass is 327 g/mol. The molecule has 126 valence electrons. The van der Waals surface area contributed by atoms with Gasteiger partial charge >= 0.3 is 0 Å². The highest BCUT2D eigenvalue weighted by atomic mass is 16.3. The number of carbonyl (C=O) groups is 2. The molecule has 6 nitrogen and oxygen atoms in total. The van der Waals surface area contributed by atoms with Gasteiger partial charge in [0.2, 0.25) is 11.8 Å². The van der Waals surface area contributed by atoms with Crippen molar-refractivity contribution in [2.45, 2.75) is 20.3 Å². The lowest BCUT2D eigenvalue weighted by Gasteiger charge is -2.07. The second kappa shape index (κ2) is 8.10. The molecule has 0 aliphatic rings. The van der Waals surface area contributed by atoms with Crippen molar-refractivity contribution < 1.29 is 14.7 Å². The van der Waals surface area contributed by atoms with E-state index in [0.717, 1.165) is 10.8 Å². The van der Waals surface area contributed by atoms with Crippen molar-refractivity contribution in [1.29, 1.82) is 0 Å². The Bertz CT molecular complexity index is 769. The molecule has 0 aliphatic carbocycles. The number of carbonyl (C=O) groups excluding carboxylic acids is 2. The molecule has 0 atom stereocenters. The van der Waals surface area contributed by atoms with Gasteiger partial charge in [0.15, 0.2) is 0 Å². The van der Waals surface area contributed by atoms with E-state index in [9.17, 15) is 14.7 Å². The van der Waals surface area contributed by atoms with Crippen LogP contribution in [0, 0.1) is 5.92 Å². The number of amides is 2. The van der Waals surface area contributed by atoms with E-state index in [-0.39, 0.29) is 18.1 Å². The Balaban J connectivity index is 1.98. The minimum Gasteiger partial charge on any atom is -0.507 e. The van der Waals surface area contributed by atoms with E-state index in [0.29, 0.717) is 18.0 Å². The summed E-state index contributed by atoms with van der Waals surface area (Å²) in [6.07, 6.45) is 1.09. The molecule has 3 N–H and O–H groups in total. The molecule has 0 spiro atoms. The Kier molecular flexibility index (Phi) is 5.89. The molecule has 0 fully saturated rings. The Morgan fingerprint density at radius 1 is 1.17 bits per heavy atom. The molecule has 0 heterocycles. The van der Waals surface area contributed by atoms with Crippen LogP contribution in [0.3, 0.4) is 0 Å². The van der Waals surface area contributed by atoms with Crippen LogP contribution < -0.4 is 10.7 Å². The molecule has 0 unspecified atom stereocenters. The molecule has 0 saturated heterocycles. The number of hydrogen-bond acceptors (Lipinski definition) is 4. The maximum absolute atomic E-state index is 11.7. The minimum absolute atomic E-state index is 0.0707. The predicted molar refractivity (Wildman–Crippen MR) is 93.8 cm³/mol. The van der Waals surface area contributed by atoms with Gasteiger partial charge in [0.05, 0.1) is 6.21 Å². The lowest BCUT2D eigenvalue weighted by atomic mass is 10.0. The van der Waals surface area contributed by atoms with Crippen LogP contribution in [-0.2, 0) is 9.59 Å². The SMILES string of the molecule is CC(C)CNC(=O)CC(=O)NN=Cc1c(O)ccc2ccccc12. The molecule has 0 saturated carbocycles. The number of aromatic hydroxyl groups is 1. The number of nitrogens with one attached hydrogen (secondary N) is 2. The van der Waals surface area contributed by atoms with E-state index in [1.54, 1.807) is 12.1 Å². The molecule has 0 aliphatic heterocycles. The number of phenols is 1. The number of nitrogens with zero attached hydrogens (tertiary/aromatic N) is 1. The fourth-order valence-electron chi connectivity index (χ4n) is 2.15. The second-order valence-corrected chi connectivity index (χ2v) is 5.89. The molecule has 24 heavy (non-hydrogen) atoms. The average Bonchev–Trinajstić information content (AvgIpc) is 2.55. The molecule has 0 bridgehead atoms. The summed E-state index contributed by atoms with van der Waals surface area (Å²) in [7, 11) is 0. The minimum atomic E-state index is -0.507. The largest absolute Gasteiger partial charge is 0.507 e. The summed E-state index contributed by atoms with van der Waals surface area (Å²) >= 11 is 0. The van der Waals surface area contributed by atoms with Gasteiger partial charge in [-0.05, 0) is 22.8 Å². The summed E-state index contributed by atoms with van der Waals surface area (Å²) in [5, 5.41) is 18.3. The Hall–Kier alpha value is -2.89. The first-order chi connectivity index (χ1) is 11.5. The summed E-state index contributed by atoms with van der Waals surface area (Å²) in [6.45, 7) is 4.47. The maximum Gasteiger partial charge on any atom is 0.249 e. The fraction of sp³-hybridized carbons (Fsp3) is 0.278. The molecule has 2 aromatic rings. The summed E-state index contributed by atoms with van der Waals surface area (Å²) < 4.78 is 0. The Morgan fingerprint density at radius 2 is 1.92 bits per heavy atom. The van der Waals surface area contributed by atoms with E-state index in [4.69, 9.17) is 0 Å². The van der Waals surface area contributed by atoms with Crippen LogP contribution in [0.2, 0.25) is 0 Å². The highest BCUT2D eigenvalue weighted by Gasteiger charge is 2.09. The number of fused-ring (bicyclic) bond motifs is 1. The number of phenolic OH excluding ortho intramolecular Hbond substituents is 1. The van der Waals surface area contributed by atoms with Crippen molar-refractivity contribution in [2.24, 2.45) is 11.0 Å². The predicted octanol–water partition coefficient (Wildman–Crippen LogP) is 2.16. The van der Waals surface area contributed by atoms with Crippen molar-refractivity contribution in [3.8, 4) is 5.75 Å². The smallest absolute Gasteiger partial charge is 0.249 e. The van der Waals surface area contributed by atoms with Crippen LogP contribution in [0.15, 0.2) is 41.5 Å². The molecule has 2 rings (SSSR count). The zero-order chi connectivity index (χ0) is 17.5. The lowest BCUT2D eigenvalue weighted by Crippen LogP contribution is -2.32. The first kappa shape index (κ1) is 17.5. The van der Waals surface area contributed by atoms with Gasteiger partial charge in [0.25, 0.3) is 0 Å². The standard InChI is InChI=1S/C18H21N3O3/c1-12(2)10-19-17(23)9-18(24)21-20-11-15-14-6-4-3-5-13(14)7-8-16(15)22/h3-8,11-12,22H,9-10H2,1-2H3,(H,19,23)(H,21,24). The van der Waals surface area contributed by atoms with Crippen LogP contribution in [0.4, 0.5) is 0 Å². The van der Waals surface area contributed by atoms with Crippen molar-refractivity contribution in [2.75, 3.05) is 6.54 Å². The van der Waals surface area contributed by atoms with Gasteiger partial charge in [-0.1, -0.05) is 44.2 Å². The molecule has 0 radical (unpaired) electrons. The third-order valence-electron chi connectivity index (χ3n) is 3.36. The van der Waals surface area contributed by atoms with E-state index in [1.165, 1.54) is 6.21 Å². The van der Waals surface area contributed by atoms with Gasteiger partial charge in [-0.15, -0.1) is 0 Å². The summed E-state index contributed by atoms with van der Waals surface area (Å²) in [6, 6.07) is 10.9. The Morgan fingerprint density at radius 3 is 2.67 bits per heavy atom. The average molecular weight is 327 g/mol. The number of hydrazone groups is 1. The zero-order valence-electron chi connectivity index (χ0n) is 13.7. The van der Waals surface area contributed by atoms with Crippen molar-refractivity contribution in [3.63, 3.8) is 0 Å². The van der Waals surface area contributed by atoms with Gasteiger partial charge in [0.1, 0.15) is 12.2 Å². The fourth-order valence-corrected chi connectivity index (χ4v) is 2.15. The van der Waals surface area contributed by atoms with Crippen LogP contribution in [-0.4, -0.2) is 29.7 Å². The van der Waals surface area contributed by atoms with Crippen LogP contribution in [0.1, 0.15) is 25.8 Å². The van der Waals surface area contributed by atoms with Crippen molar-refractivity contribution >= 4 is 28.8 Å². The second-order valence-electron chi connectivity index (χ2n) is 5.89. The lowest BCUT2D eigenvalue weighted by molar-refractivity contribution is -0.129. The zero-order valence-corrected chi connectivity index (χ0v) is 13.7. The van der Waals surface area contributed by atoms with Gasteiger partial charge in [-0.2, -0.15) is 5.10 Å². The van der Waals surface area contributed by atoms with Crippen LogP contribution in [0.25, 0.3) is 10.8 Å². The van der Waals surface area contributed by atoms with Crippen molar-refractivity contribution in [1.82, 2.24) is 10.7 Å². The van der Waals surface area contributed by atoms with Gasteiger partial charge < -0.3 is 10.4 Å². The van der Waals surface area contributed by atoms with E-state index in [1.807, 2.05) is 38.1 Å². The summed E-state index contributed by atoms with van der Waals surface area (Å²) in [4.78, 5) is 23.2. The molecule has 2 aromatic carbocycles. The highest BCUT2D eigenvalue weighted by molar-refractivity contribution is 6.03. The normalized spacial score (nSPS) is 11.1.